The number of rotatable bonds is 7. The first kappa shape index (κ1) is 21.0. The van der Waals surface area contributed by atoms with Gasteiger partial charge in [-0.15, -0.1) is 0 Å². The van der Waals surface area contributed by atoms with Gasteiger partial charge in [-0.25, -0.2) is 5.48 Å². The largest absolute Gasteiger partial charge is 0.321 e. The molecule has 4 aromatic rings. The summed E-state index contributed by atoms with van der Waals surface area (Å²) in [6, 6.07) is 26.9. The summed E-state index contributed by atoms with van der Waals surface area (Å²) < 4.78 is 0. The standard InChI is InChI=1S/C26H21N3O3/c27-17-23-22(26(31)29-32-14-6-9-18-7-2-1-3-8-18)16-24(28-25(23)30)21-13-12-19-10-4-5-11-20(19)15-21/h1-5,7-8,10-13,15-16H,6,9,14H2,(H,28,30)(H,29,31). The molecule has 0 spiro atoms. The summed E-state index contributed by atoms with van der Waals surface area (Å²) in [7, 11) is 0. The summed E-state index contributed by atoms with van der Waals surface area (Å²) in [4.78, 5) is 33.1. The third-order valence-corrected chi connectivity index (χ3v) is 5.17. The van der Waals surface area contributed by atoms with Crippen LogP contribution < -0.4 is 11.0 Å². The normalized spacial score (nSPS) is 10.6. The summed E-state index contributed by atoms with van der Waals surface area (Å²) in [5.41, 5.74) is 3.83. The van der Waals surface area contributed by atoms with E-state index in [1.165, 1.54) is 11.6 Å². The lowest BCUT2D eigenvalue weighted by Gasteiger charge is -2.10. The van der Waals surface area contributed by atoms with E-state index in [0.29, 0.717) is 18.7 Å². The van der Waals surface area contributed by atoms with Crippen LogP contribution in [-0.4, -0.2) is 17.5 Å². The molecule has 158 valence electrons. The van der Waals surface area contributed by atoms with Crippen molar-refractivity contribution in [1.29, 1.82) is 5.26 Å². The van der Waals surface area contributed by atoms with E-state index < -0.39 is 11.5 Å². The zero-order valence-corrected chi connectivity index (χ0v) is 17.3. The first-order valence-electron chi connectivity index (χ1n) is 10.3. The molecule has 0 aliphatic carbocycles. The highest BCUT2D eigenvalue weighted by atomic mass is 16.6. The molecule has 4 rings (SSSR count). The fourth-order valence-corrected chi connectivity index (χ4v) is 3.53. The molecule has 1 amide bonds. The highest BCUT2D eigenvalue weighted by Gasteiger charge is 2.17. The predicted octanol–water partition coefficient (Wildman–Crippen LogP) is 4.36. The number of hydrogen-bond donors (Lipinski definition) is 2. The summed E-state index contributed by atoms with van der Waals surface area (Å²) in [6.07, 6.45) is 1.53. The first-order valence-corrected chi connectivity index (χ1v) is 10.3. The van der Waals surface area contributed by atoms with E-state index in [-0.39, 0.29) is 11.1 Å². The average molecular weight is 423 g/mol. The number of aromatic amines is 1. The summed E-state index contributed by atoms with van der Waals surface area (Å²) >= 11 is 0. The molecule has 0 saturated heterocycles. The van der Waals surface area contributed by atoms with E-state index in [4.69, 9.17) is 4.84 Å². The van der Waals surface area contributed by atoms with E-state index in [1.807, 2.05) is 78.9 Å². The Morgan fingerprint density at radius 3 is 2.50 bits per heavy atom. The lowest BCUT2D eigenvalue weighted by Crippen LogP contribution is -2.28. The predicted molar refractivity (Wildman–Crippen MR) is 123 cm³/mol. The van der Waals surface area contributed by atoms with Crippen molar-refractivity contribution in [2.45, 2.75) is 12.8 Å². The van der Waals surface area contributed by atoms with E-state index in [9.17, 15) is 14.9 Å². The summed E-state index contributed by atoms with van der Waals surface area (Å²) in [6.45, 7) is 0.309. The van der Waals surface area contributed by atoms with Crippen molar-refractivity contribution in [2.75, 3.05) is 6.61 Å². The van der Waals surface area contributed by atoms with Gasteiger partial charge >= 0.3 is 0 Å². The van der Waals surface area contributed by atoms with Crippen molar-refractivity contribution in [3.63, 3.8) is 0 Å². The minimum atomic E-state index is -0.630. The SMILES string of the molecule is N#Cc1c(C(=O)NOCCCc2ccccc2)cc(-c2ccc3ccccc3c2)[nH]c1=O. The molecule has 0 radical (unpaired) electrons. The van der Waals surface area contributed by atoms with E-state index in [1.54, 1.807) is 0 Å². The van der Waals surface area contributed by atoms with Gasteiger partial charge in [0.15, 0.2) is 0 Å². The Balaban J connectivity index is 1.49. The Hall–Kier alpha value is -4.21. The molecular formula is C26H21N3O3. The number of fused-ring (bicyclic) bond motifs is 1. The van der Waals surface area contributed by atoms with E-state index in [0.717, 1.165) is 22.8 Å². The molecule has 1 heterocycles. The zero-order valence-electron chi connectivity index (χ0n) is 17.3. The highest BCUT2D eigenvalue weighted by Crippen LogP contribution is 2.23. The lowest BCUT2D eigenvalue weighted by atomic mass is 10.0. The number of aryl methyl sites for hydroxylation is 1. The van der Waals surface area contributed by atoms with Crippen LogP contribution in [0.15, 0.2) is 83.7 Å². The second kappa shape index (κ2) is 9.73. The number of hydrogen-bond acceptors (Lipinski definition) is 4. The Morgan fingerprint density at radius 1 is 0.969 bits per heavy atom. The quantitative estimate of drug-likeness (QED) is 0.341. The van der Waals surface area contributed by atoms with Crippen molar-refractivity contribution >= 4 is 16.7 Å². The molecule has 2 N–H and O–H groups in total. The van der Waals surface area contributed by atoms with Gasteiger partial charge in [-0.2, -0.15) is 5.26 Å². The Morgan fingerprint density at radius 2 is 1.72 bits per heavy atom. The molecule has 0 bridgehead atoms. The van der Waals surface area contributed by atoms with Crippen molar-refractivity contribution < 1.29 is 9.63 Å². The minimum Gasteiger partial charge on any atom is -0.321 e. The topological polar surface area (TPSA) is 95.0 Å². The molecule has 6 nitrogen and oxygen atoms in total. The van der Waals surface area contributed by atoms with E-state index >= 15 is 0 Å². The average Bonchev–Trinajstić information content (AvgIpc) is 2.83. The number of nitrogens with one attached hydrogen (secondary N) is 2. The monoisotopic (exact) mass is 423 g/mol. The molecule has 0 unspecified atom stereocenters. The molecule has 0 fully saturated rings. The summed E-state index contributed by atoms with van der Waals surface area (Å²) in [5.74, 6) is -0.630. The second-order valence-electron chi connectivity index (χ2n) is 7.34. The van der Waals surface area contributed by atoms with E-state index in [2.05, 4.69) is 10.5 Å². The molecule has 0 aliphatic heterocycles. The van der Waals surface area contributed by atoms with Crippen LogP contribution in [0.4, 0.5) is 0 Å². The number of amides is 1. The fraction of sp³-hybridized carbons (Fsp3) is 0.115. The lowest BCUT2D eigenvalue weighted by molar-refractivity contribution is 0.0304. The molecular weight excluding hydrogens is 402 g/mol. The van der Waals surface area contributed by atoms with Crippen LogP contribution in [0.5, 0.6) is 0 Å². The van der Waals surface area contributed by atoms with Crippen LogP contribution in [0.2, 0.25) is 0 Å². The van der Waals surface area contributed by atoms with Gasteiger partial charge in [0.1, 0.15) is 11.6 Å². The zero-order chi connectivity index (χ0) is 22.3. The van der Waals surface area contributed by atoms with Gasteiger partial charge < -0.3 is 4.98 Å². The maximum atomic E-state index is 12.7. The Labute approximate surface area is 185 Å². The van der Waals surface area contributed by atoms with Crippen LogP contribution in [-0.2, 0) is 11.3 Å². The molecule has 0 atom stereocenters. The third-order valence-electron chi connectivity index (χ3n) is 5.17. The number of benzene rings is 3. The van der Waals surface area contributed by atoms with Gasteiger partial charge in [0, 0.05) is 5.69 Å². The molecule has 1 aromatic heterocycles. The van der Waals surface area contributed by atoms with Gasteiger partial charge in [0.2, 0.25) is 0 Å². The van der Waals surface area contributed by atoms with Gasteiger partial charge in [-0.1, -0.05) is 66.7 Å². The molecule has 0 saturated carbocycles. The van der Waals surface area contributed by atoms with Gasteiger partial charge in [-0.3, -0.25) is 14.4 Å². The maximum Gasteiger partial charge on any atom is 0.276 e. The highest BCUT2D eigenvalue weighted by molar-refractivity contribution is 5.97. The summed E-state index contributed by atoms with van der Waals surface area (Å²) in [5, 5.41) is 11.5. The second-order valence-corrected chi connectivity index (χ2v) is 7.34. The number of hydroxylamine groups is 1. The number of H-pyrrole nitrogens is 1. The van der Waals surface area contributed by atoms with Crippen molar-refractivity contribution in [3.05, 3.63) is 106 Å². The Kier molecular flexibility index (Phi) is 6.40. The van der Waals surface area contributed by atoms with Crippen LogP contribution >= 0.6 is 0 Å². The molecule has 0 aliphatic rings. The number of nitrogens with zero attached hydrogens (tertiary/aromatic N) is 1. The fourth-order valence-electron chi connectivity index (χ4n) is 3.53. The first-order chi connectivity index (χ1) is 15.7. The third kappa shape index (κ3) is 4.75. The van der Waals surface area contributed by atoms with Gasteiger partial charge in [0.05, 0.1) is 12.2 Å². The van der Waals surface area contributed by atoms with Crippen molar-refractivity contribution in [2.24, 2.45) is 0 Å². The number of aromatic nitrogens is 1. The van der Waals surface area contributed by atoms with Gasteiger partial charge in [0.25, 0.3) is 11.5 Å². The number of nitriles is 1. The number of pyridine rings is 1. The van der Waals surface area contributed by atoms with Crippen LogP contribution in [0, 0.1) is 11.3 Å². The van der Waals surface area contributed by atoms with Crippen LogP contribution in [0.1, 0.15) is 27.9 Å². The molecule has 6 heteroatoms. The number of carbonyl (C=O) groups excluding carboxylic acids is 1. The molecule has 32 heavy (non-hydrogen) atoms. The van der Waals surface area contributed by atoms with Crippen molar-refractivity contribution in [3.8, 4) is 17.3 Å². The smallest absolute Gasteiger partial charge is 0.276 e. The number of carbonyl (C=O) groups is 1. The van der Waals surface area contributed by atoms with Crippen LogP contribution in [0.3, 0.4) is 0 Å². The van der Waals surface area contributed by atoms with Crippen molar-refractivity contribution in [1.82, 2.24) is 10.5 Å². The van der Waals surface area contributed by atoms with Gasteiger partial charge in [-0.05, 0) is 46.9 Å². The Bertz CT molecular complexity index is 1350. The maximum absolute atomic E-state index is 12.7. The van der Waals surface area contributed by atoms with Crippen LogP contribution in [0.25, 0.3) is 22.0 Å². The molecule has 3 aromatic carbocycles. The minimum absolute atomic E-state index is 0.0255.